The Morgan fingerprint density at radius 2 is 0.583 bits per heavy atom. The highest BCUT2D eigenvalue weighted by atomic mass is 14.4. The van der Waals surface area contributed by atoms with Gasteiger partial charge in [0.15, 0.2) is 0 Å². The van der Waals surface area contributed by atoms with Crippen molar-refractivity contribution in [3.8, 4) is 0 Å². The lowest BCUT2D eigenvalue weighted by molar-refractivity contribution is 0.303. The standard InChI is InChI=1S/C18H22.2C9H12/c1-17(2,15-11-7-5-8-12-15)18(3,4)16-13-9-6-10-14-16;2*1-8(2)9-6-4-3-5-7-9/h5-14H,1-4H3;2*3-8H,1-2H3. The Bertz CT molecular complexity index is 997. The molecule has 0 heterocycles. The second kappa shape index (κ2) is 13.8. The highest BCUT2D eigenvalue weighted by Gasteiger charge is 2.39. The highest BCUT2D eigenvalue weighted by molar-refractivity contribution is 5.36. The third-order valence-electron chi connectivity index (χ3n) is 7.49. The van der Waals surface area contributed by atoms with Crippen LogP contribution >= 0.6 is 0 Å². The first-order valence-corrected chi connectivity index (χ1v) is 13.3. The molecule has 0 amide bonds. The van der Waals surface area contributed by atoms with E-state index in [1.54, 1.807) is 0 Å². The van der Waals surface area contributed by atoms with Gasteiger partial charge in [0.25, 0.3) is 0 Å². The predicted octanol–water partition coefficient (Wildman–Crippen LogP) is 10.6. The summed E-state index contributed by atoms with van der Waals surface area (Å²) in [7, 11) is 0. The largest absolute Gasteiger partial charge is 0.0622 e. The Morgan fingerprint density at radius 3 is 0.778 bits per heavy atom. The molecule has 4 rings (SSSR count). The molecule has 0 atom stereocenters. The fourth-order valence-electron chi connectivity index (χ4n) is 4.11. The third-order valence-corrected chi connectivity index (χ3v) is 7.49. The molecule has 0 fully saturated rings. The van der Waals surface area contributed by atoms with Crippen molar-refractivity contribution in [3.63, 3.8) is 0 Å². The molecular formula is C36H46. The molecule has 0 spiro atoms. The molecule has 0 saturated carbocycles. The van der Waals surface area contributed by atoms with E-state index in [0.29, 0.717) is 11.8 Å². The van der Waals surface area contributed by atoms with Crippen LogP contribution in [0.1, 0.15) is 89.5 Å². The third kappa shape index (κ3) is 8.23. The van der Waals surface area contributed by atoms with Gasteiger partial charge >= 0.3 is 0 Å². The van der Waals surface area contributed by atoms with E-state index in [1.165, 1.54) is 22.3 Å². The first-order valence-electron chi connectivity index (χ1n) is 13.3. The fourth-order valence-corrected chi connectivity index (χ4v) is 4.11. The molecule has 190 valence electrons. The Labute approximate surface area is 221 Å². The molecule has 0 aliphatic heterocycles. The molecule has 0 unspecified atom stereocenters. The Balaban J connectivity index is 0.000000212. The minimum Gasteiger partial charge on any atom is -0.0622 e. The molecular weight excluding hydrogens is 432 g/mol. The van der Waals surface area contributed by atoms with Crippen LogP contribution in [0.2, 0.25) is 0 Å². The average molecular weight is 479 g/mol. The normalized spacial score (nSPS) is 11.3. The van der Waals surface area contributed by atoms with Crippen molar-refractivity contribution < 1.29 is 0 Å². The molecule has 0 aromatic heterocycles. The summed E-state index contributed by atoms with van der Waals surface area (Å²) in [5.74, 6) is 1.32. The maximum absolute atomic E-state index is 2.33. The second-order valence-electron chi connectivity index (χ2n) is 11.1. The first-order chi connectivity index (χ1) is 17.1. The average Bonchev–Trinajstić information content (AvgIpc) is 2.91. The summed E-state index contributed by atoms with van der Waals surface area (Å²) < 4.78 is 0. The molecule has 0 saturated heterocycles. The lowest BCUT2D eigenvalue weighted by Crippen LogP contribution is -2.40. The maximum atomic E-state index is 2.33. The van der Waals surface area contributed by atoms with Crippen molar-refractivity contribution >= 4 is 0 Å². The van der Waals surface area contributed by atoms with Crippen LogP contribution < -0.4 is 0 Å². The van der Waals surface area contributed by atoms with Gasteiger partial charge in [0, 0.05) is 0 Å². The van der Waals surface area contributed by atoms with Gasteiger partial charge in [-0.3, -0.25) is 0 Å². The molecule has 0 aliphatic rings. The molecule has 0 radical (unpaired) electrons. The zero-order chi connectivity index (χ0) is 26.6. The second-order valence-corrected chi connectivity index (χ2v) is 11.1. The zero-order valence-electron chi connectivity index (χ0n) is 23.7. The quantitative estimate of drug-likeness (QED) is 0.267. The van der Waals surface area contributed by atoms with E-state index in [1.807, 2.05) is 12.1 Å². The van der Waals surface area contributed by atoms with Crippen molar-refractivity contribution in [1.29, 1.82) is 0 Å². The minimum absolute atomic E-state index is 0.0929. The fraction of sp³-hybridized carbons (Fsp3) is 0.333. The van der Waals surface area contributed by atoms with Crippen molar-refractivity contribution in [1.82, 2.24) is 0 Å². The maximum Gasteiger partial charge on any atom is -0.00120 e. The van der Waals surface area contributed by atoms with Crippen LogP contribution in [0.3, 0.4) is 0 Å². The first kappa shape index (κ1) is 29.1. The lowest BCUT2D eigenvalue weighted by Gasteiger charge is -2.43. The van der Waals surface area contributed by atoms with E-state index in [2.05, 4.69) is 165 Å². The van der Waals surface area contributed by atoms with Crippen LogP contribution in [0.15, 0.2) is 121 Å². The van der Waals surface area contributed by atoms with Crippen LogP contribution in [0.5, 0.6) is 0 Å². The van der Waals surface area contributed by atoms with Crippen LogP contribution in [0, 0.1) is 0 Å². The molecule has 0 aliphatic carbocycles. The van der Waals surface area contributed by atoms with Gasteiger partial charge in [0.1, 0.15) is 0 Å². The Hall–Kier alpha value is -3.12. The summed E-state index contributed by atoms with van der Waals surface area (Å²) in [5, 5.41) is 0. The van der Waals surface area contributed by atoms with E-state index in [4.69, 9.17) is 0 Å². The monoisotopic (exact) mass is 478 g/mol. The summed E-state index contributed by atoms with van der Waals surface area (Å²) in [6, 6.07) is 42.6. The highest BCUT2D eigenvalue weighted by Crippen LogP contribution is 2.43. The van der Waals surface area contributed by atoms with Crippen molar-refractivity contribution in [2.45, 2.75) is 78.1 Å². The SMILES string of the molecule is CC(C)(c1ccccc1)C(C)(C)c1ccccc1.CC(C)c1ccccc1.CC(C)c1ccccc1. The molecule has 36 heavy (non-hydrogen) atoms. The van der Waals surface area contributed by atoms with Gasteiger partial charge in [-0.15, -0.1) is 0 Å². The minimum atomic E-state index is 0.0929. The van der Waals surface area contributed by atoms with Crippen LogP contribution in [-0.2, 0) is 10.8 Å². The number of rotatable bonds is 5. The Morgan fingerprint density at radius 1 is 0.361 bits per heavy atom. The molecule has 0 nitrogen and oxygen atoms in total. The number of benzene rings is 4. The number of hydrogen-bond donors (Lipinski definition) is 0. The van der Waals surface area contributed by atoms with E-state index in [-0.39, 0.29) is 10.8 Å². The van der Waals surface area contributed by atoms with E-state index >= 15 is 0 Å². The summed E-state index contributed by atoms with van der Waals surface area (Å²) in [6.45, 7) is 18.1. The van der Waals surface area contributed by atoms with Crippen LogP contribution in [0.25, 0.3) is 0 Å². The lowest BCUT2D eigenvalue weighted by atomic mass is 9.61. The topological polar surface area (TPSA) is 0 Å². The van der Waals surface area contributed by atoms with Gasteiger partial charge in [-0.25, -0.2) is 0 Å². The summed E-state index contributed by atoms with van der Waals surface area (Å²) >= 11 is 0. The van der Waals surface area contributed by atoms with E-state index < -0.39 is 0 Å². The van der Waals surface area contributed by atoms with Gasteiger partial charge in [0.05, 0.1) is 0 Å². The van der Waals surface area contributed by atoms with E-state index in [9.17, 15) is 0 Å². The molecule has 4 aromatic carbocycles. The summed E-state index contributed by atoms with van der Waals surface area (Å²) in [4.78, 5) is 0. The summed E-state index contributed by atoms with van der Waals surface area (Å²) in [5.41, 5.74) is 5.79. The molecule has 4 aromatic rings. The summed E-state index contributed by atoms with van der Waals surface area (Å²) in [6.07, 6.45) is 0. The van der Waals surface area contributed by atoms with Crippen molar-refractivity contribution in [2.75, 3.05) is 0 Å². The smallest absolute Gasteiger partial charge is 0.00120 e. The van der Waals surface area contributed by atoms with Crippen LogP contribution in [-0.4, -0.2) is 0 Å². The van der Waals surface area contributed by atoms with Gasteiger partial charge in [-0.1, -0.05) is 177 Å². The molecule has 0 N–H and O–H groups in total. The van der Waals surface area contributed by atoms with E-state index in [0.717, 1.165) is 0 Å². The molecule has 0 heteroatoms. The Kier molecular flexibility index (Phi) is 11.2. The molecule has 0 bridgehead atoms. The van der Waals surface area contributed by atoms with Crippen molar-refractivity contribution in [3.05, 3.63) is 144 Å². The van der Waals surface area contributed by atoms with Gasteiger partial charge < -0.3 is 0 Å². The predicted molar refractivity (Wildman–Crippen MR) is 160 cm³/mol. The zero-order valence-corrected chi connectivity index (χ0v) is 23.7. The van der Waals surface area contributed by atoms with Crippen LogP contribution in [0.4, 0.5) is 0 Å². The van der Waals surface area contributed by atoms with Gasteiger partial charge in [0.2, 0.25) is 0 Å². The van der Waals surface area contributed by atoms with Gasteiger partial charge in [-0.2, -0.15) is 0 Å². The van der Waals surface area contributed by atoms with Crippen molar-refractivity contribution in [2.24, 2.45) is 0 Å². The number of hydrogen-bond acceptors (Lipinski definition) is 0. The van der Waals surface area contributed by atoms with Gasteiger partial charge in [-0.05, 0) is 44.9 Å².